The number of hydrogen-bond acceptors (Lipinski definition) is 22. The number of amides is 13. The topological polar surface area (TPSA) is 825 Å². The van der Waals surface area contributed by atoms with Crippen molar-refractivity contribution in [3.8, 4) is 5.75 Å². The van der Waals surface area contributed by atoms with Crippen LogP contribution in [0.2, 0.25) is 0 Å². The summed E-state index contributed by atoms with van der Waals surface area (Å²) in [6.45, 7) is 13.0. The van der Waals surface area contributed by atoms with Gasteiger partial charge in [-0.2, -0.15) is 12.6 Å². The third-order valence-corrected chi connectivity index (χ3v) is 18.4. The fraction of sp³-hybridized carbons (Fsp3) is 0.653. The van der Waals surface area contributed by atoms with E-state index in [2.05, 4.69) is 106 Å². The number of phenolic OH excluding ortho intramolecular Hbond substituents is 1. The Balaban J connectivity index is 3.92. The lowest BCUT2D eigenvalue weighted by atomic mass is 9.97. The Morgan fingerprint density at radius 2 is 0.588 bits per heavy atom. The molecule has 0 aliphatic heterocycles. The Morgan fingerprint density at radius 1 is 0.336 bits per heavy atom. The molecule has 0 fully saturated rings. The number of aromatic hydroxyl groups is 1. The SMILES string of the molecule is CC[C@H](C)[C@H](NC(=O)[C@H](C)NC(=O)[C@H](CC(C)C)NC(=O)[C@H](Cc1ccc(O)cc1)NC(=O)[C@H](CC(C)C)NC(=O)[C@H](C)NC(=O)[C@@H](N)CS)C(=O)N[C@@H](CCCN=C(N)N)C(=O)N[C@@H](CCCN=C(N)N)C(=O)N[C@@H](CCCN=C(N)N)C(=O)N[C@@H](CCCN=C(N)N)C(=O)N[C@@H](CCCN=C(N)N)C(=O)N[C@@H](CCCN=C(N)N)C(N)=O. The average Bonchev–Trinajstić information content (AvgIpc) is 0.852. The minimum absolute atomic E-state index is 0.00451. The quantitative estimate of drug-likeness (QED) is 0.0125. The summed E-state index contributed by atoms with van der Waals surface area (Å²) in [7, 11) is 0. The first kappa shape index (κ1) is 105. The summed E-state index contributed by atoms with van der Waals surface area (Å²) in [4.78, 5) is 208. The molecule has 0 aliphatic carbocycles. The highest BCUT2D eigenvalue weighted by Crippen LogP contribution is 2.17. The van der Waals surface area contributed by atoms with Crippen molar-refractivity contribution in [1.29, 1.82) is 0 Å². The molecule has 47 heteroatoms. The maximum atomic E-state index is 14.9. The third-order valence-electron chi connectivity index (χ3n) is 18.0. The van der Waals surface area contributed by atoms with E-state index in [1.165, 1.54) is 38.1 Å². The molecule has 0 spiro atoms. The molecular formula is C72H132N32O14S. The van der Waals surface area contributed by atoms with Crippen LogP contribution in [0.5, 0.6) is 5.75 Å². The Morgan fingerprint density at radius 3 is 0.891 bits per heavy atom. The summed E-state index contributed by atoms with van der Waals surface area (Å²) < 4.78 is 0. The van der Waals surface area contributed by atoms with Crippen molar-refractivity contribution in [3.63, 3.8) is 0 Å². The summed E-state index contributed by atoms with van der Waals surface area (Å²) in [5.74, 6) is -14.2. The van der Waals surface area contributed by atoms with Gasteiger partial charge in [0.15, 0.2) is 35.8 Å². The molecule has 0 bridgehead atoms. The Hall–Kier alpha value is -11.9. The zero-order valence-corrected chi connectivity index (χ0v) is 70.2. The highest BCUT2D eigenvalue weighted by Gasteiger charge is 2.38. The second kappa shape index (κ2) is 56.4. The first-order chi connectivity index (χ1) is 55.9. The van der Waals surface area contributed by atoms with Crippen LogP contribution in [-0.4, -0.2) is 241 Å². The van der Waals surface area contributed by atoms with Gasteiger partial charge in [0.05, 0.1) is 6.04 Å². The standard InChI is InChI=1S/C72H132N32O14S/c1-9-38(6)53(104-56(108)40(8)94-63(115)50(32-36(2)3)102-65(117)52(34-41-22-24-42(105)25-23-41)103-64(116)51(33-37(4)5)101-55(107)39(7)93-57(109)43(73)35-119)66(118)100-49(21-15-31-92-72(85)86)62(114)99-48(20-14-30-91-71(83)84)61(113)98-47(19-13-29-90-70(81)82)60(112)97-46(18-12-28-89-69(79)80)59(111)96-45(17-11-27-88-68(77)78)58(110)95-44(54(74)106)16-10-26-87-67(75)76/h22-25,36-40,43-53,105,119H,9-21,26-35,73H2,1-8H3,(H2,74,106)(H,93,109)(H,94,115)(H,95,110)(H,96,111)(H,97,112)(H,98,113)(H,99,114)(H,100,118)(H,101,107)(H,102,117)(H,103,116)(H,104,108)(H4,75,76,87)(H4,77,78,88)(H4,79,80,89)(H4,81,82,90)(H4,83,84,91)(H4,85,86,92)/t38-,39-,40-,43-,44-,45-,46-,47-,48-,49-,50-,51-,52-,53-/m0/s1. The Labute approximate surface area is 698 Å². The minimum atomic E-state index is -1.57. The van der Waals surface area contributed by atoms with Crippen LogP contribution in [0, 0.1) is 17.8 Å². The monoisotopic (exact) mass is 1700 g/mol. The number of carbonyl (C=O) groups excluding carboxylic acids is 13. The lowest BCUT2D eigenvalue weighted by molar-refractivity contribution is -0.136. The fourth-order valence-corrected chi connectivity index (χ4v) is 11.6. The van der Waals surface area contributed by atoms with Gasteiger partial charge in [-0.05, 0) is 139 Å². The van der Waals surface area contributed by atoms with E-state index in [1.807, 2.05) is 0 Å². The molecule has 0 saturated heterocycles. The van der Waals surface area contributed by atoms with E-state index < -0.39 is 161 Å². The van der Waals surface area contributed by atoms with Crippen LogP contribution in [0.1, 0.15) is 157 Å². The number of nitrogens with two attached hydrogens (primary N) is 14. The number of carbonyl (C=O) groups is 13. The molecule has 0 radical (unpaired) electrons. The fourth-order valence-electron chi connectivity index (χ4n) is 11.4. The lowest BCUT2D eigenvalue weighted by Crippen LogP contribution is -2.61. The van der Waals surface area contributed by atoms with Gasteiger partial charge in [0.1, 0.15) is 78.3 Å². The molecule has 0 aliphatic rings. The smallest absolute Gasteiger partial charge is 0.243 e. The van der Waals surface area contributed by atoms with Crippen LogP contribution >= 0.6 is 12.6 Å². The van der Waals surface area contributed by atoms with Crippen molar-refractivity contribution in [2.24, 2.45) is 128 Å². The lowest BCUT2D eigenvalue weighted by Gasteiger charge is -2.29. The minimum Gasteiger partial charge on any atom is -0.508 e. The first-order valence-electron chi connectivity index (χ1n) is 39.3. The number of hydrogen-bond donors (Lipinski definition) is 28. The molecule has 1 aromatic rings. The molecule has 0 heterocycles. The molecule has 1 rings (SSSR count). The van der Waals surface area contributed by atoms with E-state index in [0.717, 1.165) is 0 Å². The summed E-state index contributed by atoms with van der Waals surface area (Å²) >= 11 is 4.03. The molecule has 119 heavy (non-hydrogen) atoms. The summed E-state index contributed by atoms with van der Waals surface area (Å²) in [6, 6.07) is -12.2. The number of rotatable bonds is 58. The molecule has 0 unspecified atom stereocenters. The van der Waals surface area contributed by atoms with Crippen LogP contribution in [0.15, 0.2) is 54.2 Å². The van der Waals surface area contributed by atoms with Gasteiger partial charge in [0.2, 0.25) is 76.8 Å². The summed E-state index contributed by atoms with van der Waals surface area (Å²) in [5, 5.41) is 41.8. The number of phenols is 1. The zero-order valence-electron chi connectivity index (χ0n) is 69.3. The predicted octanol–water partition coefficient (Wildman–Crippen LogP) is -9.01. The Bertz CT molecular complexity index is 3640. The molecular weight excluding hydrogens is 1570 g/mol. The van der Waals surface area contributed by atoms with Crippen molar-refractivity contribution < 1.29 is 67.4 Å². The molecule has 41 N–H and O–H groups in total. The van der Waals surface area contributed by atoms with Crippen LogP contribution in [0.25, 0.3) is 0 Å². The van der Waals surface area contributed by atoms with E-state index in [0.29, 0.717) is 5.56 Å². The van der Waals surface area contributed by atoms with Crippen molar-refractivity contribution in [1.82, 2.24) is 63.8 Å². The number of nitrogens with one attached hydrogen (secondary N) is 12. The maximum absolute atomic E-state index is 14.9. The first-order valence-corrected chi connectivity index (χ1v) is 39.9. The molecule has 14 atom stereocenters. The molecule has 670 valence electrons. The van der Waals surface area contributed by atoms with Gasteiger partial charge in [-0.1, -0.05) is 60.1 Å². The van der Waals surface area contributed by atoms with Crippen molar-refractivity contribution in [2.75, 3.05) is 45.0 Å². The molecule has 1 aromatic carbocycles. The van der Waals surface area contributed by atoms with Crippen LogP contribution in [0.3, 0.4) is 0 Å². The number of guanidine groups is 6. The number of primary amides is 1. The number of nitrogens with zero attached hydrogens (tertiary/aromatic N) is 6. The van der Waals surface area contributed by atoms with Crippen molar-refractivity contribution in [3.05, 3.63) is 29.8 Å². The molecule has 46 nitrogen and oxygen atoms in total. The summed E-state index contributed by atoms with van der Waals surface area (Å²) in [6.07, 6.45) is -0.450. The second-order valence-electron chi connectivity index (χ2n) is 29.4. The van der Waals surface area contributed by atoms with E-state index in [4.69, 9.17) is 80.3 Å². The predicted molar refractivity (Wildman–Crippen MR) is 455 cm³/mol. The maximum Gasteiger partial charge on any atom is 0.243 e. The van der Waals surface area contributed by atoms with Crippen molar-refractivity contribution in [2.45, 2.75) is 237 Å². The van der Waals surface area contributed by atoms with Crippen molar-refractivity contribution >= 4 is 125 Å². The zero-order chi connectivity index (χ0) is 90.2. The van der Waals surface area contributed by atoms with Gasteiger partial charge in [-0.25, -0.2) is 0 Å². The largest absolute Gasteiger partial charge is 0.508 e. The van der Waals surface area contributed by atoms with Gasteiger partial charge in [0, 0.05) is 51.4 Å². The van der Waals surface area contributed by atoms with Gasteiger partial charge in [-0.3, -0.25) is 92.3 Å². The van der Waals surface area contributed by atoms with Gasteiger partial charge < -0.3 is 149 Å². The summed E-state index contributed by atoms with van der Waals surface area (Å²) in [5.41, 5.74) is 78.9. The normalized spacial score (nSPS) is 14.5. The molecule has 0 saturated carbocycles. The number of benzene rings is 1. The van der Waals surface area contributed by atoms with E-state index >= 15 is 0 Å². The van der Waals surface area contributed by atoms with Gasteiger partial charge in [-0.15, -0.1) is 0 Å². The second-order valence-corrected chi connectivity index (χ2v) is 29.8. The third kappa shape index (κ3) is 44.8. The van der Waals surface area contributed by atoms with E-state index in [1.54, 1.807) is 41.5 Å². The highest BCUT2D eigenvalue weighted by molar-refractivity contribution is 7.80. The van der Waals surface area contributed by atoms with Crippen LogP contribution < -0.4 is 144 Å². The van der Waals surface area contributed by atoms with Gasteiger partial charge in [0.25, 0.3) is 0 Å². The number of thiol groups is 1. The molecule has 0 aromatic heterocycles. The number of aliphatic imine (C=N–C) groups is 6. The van der Waals surface area contributed by atoms with Gasteiger partial charge >= 0.3 is 0 Å². The van der Waals surface area contributed by atoms with E-state index in [-0.39, 0.29) is 201 Å². The van der Waals surface area contributed by atoms with Crippen LogP contribution in [-0.2, 0) is 68.7 Å². The van der Waals surface area contributed by atoms with Crippen LogP contribution in [0.4, 0.5) is 0 Å². The Kier molecular flexibility index (Phi) is 49.8. The van der Waals surface area contributed by atoms with E-state index in [9.17, 15) is 67.4 Å². The average molecular weight is 1700 g/mol. The highest BCUT2D eigenvalue weighted by atomic mass is 32.1. The molecule has 13 amide bonds.